The number of hydrogen-bond acceptors (Lipinski definition) is 2. The average molecular weight is 129 g/mol. The fraction of sp³-hybridized carbons (Fsp3) is 0.500. The summed E-state index contributed by atoms with van der Waals surface area (Å²) in [4.78, 5) is 3.93. The summed E-state index contributed by atoms with van der Waals surface area (Å²) in [5.41, 5.74) is 1.21. The van der Waals surface area contributed by atoms with Crippen LogP contribution in [0.5, 0.6) is 0 Å². The van der Waals surface area contributed by atoms with E-state index in [1.54, 1.807) is 6.21 Å². The second-order valence-electron chi connectivity index (χ2n) is 1.72. The van der Waals surface area contributed by atoms with Crippen LogP contribution in [0.4, 0.5) is 0 Å². The fourth-order valence-electron chi connectivity index (χ4n) is 0.249. The zero-order valence-corrected chi connectivity index (χ0v) is 6.15. The highest BCUT2D eigenvalue weighted by Crippen LogP contribution is 1.86. The van der Waals surface area contributed by atoms with Crippen LogP contribution in [0, 0.1) is 0 Å². The Morgan fingerprint density at radius 2 is 2.25 bits per heavy atom. The molecule has 0 aromatic carbocycles. The Kier molecular flexibility index (Phi) is 4.76. The molecule has 0 N–H and O–H groups in total. The van der Waals surface area contributed by atoms with Crippen LogP contribution in [-0.4, -0.2) is 12.0 Å². The smallest absolute Gasteiger partial charge is 0.0258 e. The van der Waals surface area contributed by atoms with Crippen LogP contribution in [0.3, 0.4) is 0 Å². The molecule has 0 heterocycles. The summed E-state index contributed by atoms with van der Waals surface area (Å²) in [6.45, 7) is 4.02. The van der Waals surface area contributed by atoms with Gasteiger partial charge in [-0.2, -0.15) is 12.6 Å². The van der Waals surface area contributed by atoms with Crippen molar-refractivity contribution in [1.82, 2.24) is 0 Å². The maximum Gasteiger partial charge on any atom is 0.0258 e. The third-order valence-corrected chi connectivity index (χ3v) is 0.683. The van der Waals surface area contributed by atoms with Gasteiger partial charge in [0.25, 0.3) is 0 Å². The quantitative estimate of drug-likeness (QED) is 0.432. The van der Waals surface area contributed by atoms with Crippen molar-refractivity contribution < 1.29 is 0 Å². The van der Waals surface area contributed by atoms with E-state index in [-0.39, 0.29) is 0 Å². The lowest BCUT2D eigenvalue weighted by molar-refractivity contribution is 1.34. The SMILES string of the molecule is CC(C)=CN=CCS. The fourth-order valence-corrected chi connectivity index (χ4v) is 0.343. The molecule has 0 aliphatic carbocycles. The Balaban J connectivity index is 3.42. The van der Waals surface area contributed by atoms with Gasteiger partial charge in [0.2, 0.25) is 0 Å². The number of hydrogen-bond donors (Lipinski definition) is 1. The van der Waals surface area contributed by atoms with Gasteiger partial charge in [0.15, 0.2) is 0 Å². The Hall–Kier alpha value is -0.240. The number of nitrogens with zero attached hydrogens (tertiary/aromatic N) is 1. The van der Waals surface area contributed by atoms with Gasteiger partial charge in [-0.3, -0.25) is 4.99 Å². The maximum absolute atomic E-state index is 3.94. The number of rotatable bonds is 2. The second kappa shape index (κ2) is 4.91. The van der Waals surface area contributed by atoms with Gasteiger partial charge in [-0.05, 0) is 13.8 Å². The average Bonchev–Trinajstić information content (AvgIpc) is 1.66. The first-order valence-electron chi connectivity index (χ1n) is 2.53. The maximum atomic E-state index is 3.94. The summed E-state index contributed by atoms with van der Waals surface area (Å²) in [7, 11) is 0. The van der Waals surface area contributed by atoms with E-state index < -0.39 is 0 Å². The summed E-state index contributed by atoms with van der Waals surface area (Å²) < 4.78 is 0. The lowest BCUT2D eigenvalue weighted by atomic mass is 10.4. The minimum atomic E-state index is 0.712. The summed E-state index contributed by atoms with van der Waals surface area (Å²) in [5.74, 6) is 0.712. The van der Waals surface area contributed by atoms with E-state index >= 15 is 0 Å². The lowest BCUT2D eigenvalue weighted by Gasteiger charge is -1.79. The predicted molar refractivity (Wildman–Crippen MR) is 41.8 cm³/mol. The molecule has 1 nitrogen and oxygen atoms in total. The first kappa shape index (κ1) is 7.76. The van der Waals surface area contributed by atoms with Crippen molar-refractivity contribution in [3.05, 3.63) is 11.8 Å². The molecular weight excluding hydrogens is 118 g/mol. The zero-order chi connectivity index (χ0) is 6.41. The number of thiol groups is 1. The minimum Gasteiger partial charge on any atom is -0.268 e. The predicted octanol–water partition coefficient (Wildman–Crippen LogP) is 1.91. The highest BCUT2D eigenvalue weighted by Gasteiger charge is 1.68. The molecule has 0 aromatic rings. The van der Waals surface area contributed by atoms with Gasteiger partial charge in [-0.15, -0.1) is 0 Å². The van der Waals surface area contributed by atoms with Crippen molar-refractivity contribution in [3.63, 3.8) is 0 Å². The highest BCUT2D eigenvalue weighted by atomic mass is 32.1. The van der Waals surface area contributed by atoms with Gasteiger partial charge < -0.3 is 0 Å². The number of aliphatic imine (C=N–C) groups is 1. The molecule has 0 saturated carbocycles. The summed E-state index contributed by atoms with van der Waals surface area (Å²) in [5, 5.41) is 0. The van der Waals surface area contributed by atoms with Gasteiger partial charge >= 0.3 is 0 Å². The van der Waals surface area contributed by atoms with E-state index in [0.717, 1.165) is 0 Å². The van der Waals surface area contributed by atoms with Crippen LogP contribution in [0.25, 0.3) is 0 Å². The van der Waals surface area contributed by atoms with Crippen LogP contribution in [0.2, 0.25) is 0 Å². The van der Waals surface area contributed by atoms with Crippen molar-refractivity contribution in [2.24, 2.45) is 4.99 Å². The van der Waals surface area contributed by atoms with Crippen LogP contribution >= 0.6 is 12.6 Å². The summed E-state index contributed by atoms with van der Waals surface area (Å²) in [6.07, 6.45) is 3.58. The number of allylic oxidation sites excluding steroid dienone is 1. The van der Waals surface area contributed by atoms with E-state index in [4.69, 9.17) is 0 Å². The topological polar surface area (TPSA) is 12.4 Å². The monoisotopic (exact) mass is 129 g/mol. The van der Waals surface area contributed by atoms with Gasteiger partial charge in [-0.25, -0.2) is 0 Å². The third-order valence-electron chi connectivity index (χ3n) is 0.520. The van der Waals surface area contributed by atoms with Crippen molar-refractivity contribution in [3.8, 4) is 0 Å². The lowest BCUT2D eigenvalue weighted by Crippen LogP contribution is -1.69. The molecule has 0 radical (unpaired) electrons. The molecule has 46 valence electrons. The molecule has 0 spiro atoms. The Morgan fingerprint density at radius 3 is 2.62 bits per heavy atom. The second-order valence-corrected chi connectivity index (χ2v) is 2.09. The van der Waals surface area contributed by atoms with Crippen LogP contribution in [0.1, 0.15) is 13.8 Å². The highest BCUT2D eigenvalue weighted by molar-refractivity contribution is 7.80. The first-order valence-corrected chi connectivity index (χ1v) is 3.16. The molecule has 0 aromatic heterocycles. The van der Waals surface area contributed by atoms with E-state index in [1.807, 2.05) is 20.0 Å². The van der Waals surface area contributed by atoms with Crippen molar-refractivity contribution >= 4 is 18.8 Å². The van der Waals surface area contributed by atoms with Crippen molar-refractivity contribution in [2.75, 3.05) is 5.75 Å². The molecule has 0 unspecified atom stereocenters. The summed E-state index contributed by atoms with van der Waals surface area (Å²) in [6, 6.07) is 0. The molecule has 0 amide bonds. The van der Waals surface area contributed by atoms with Crippen LogP contribution in [0.15, 0.2) is 16.8 Å². The van der Waals surface area contributed by atoms with Gasteiger partial charge in [-0.1, -0.05) is 5.57 Å². The molecule has 2 heteroatoms. The molecule has 0 fully saturated rings. The standard InChI is InChI=1S/C6H11NS/c1-6(2)5-7-3-4-8/h3,5,8H,4H2,1-2H3. The zero-order valence-electron chi connectivity index (χ0n) is 5.26. The van der Waals surface area contributed by atoms with E-state index in [9.17, 15) is 0 Å². The molecule has 8 heavy (non-hydrogen) atoms. The molecular formula is C6H11NS. The van der Waals surface area contributed by atoms with Crippen LogP contribution < -0.4 is 0 Å². The van der Waals surface area contributed by atoms with Crippen molar-refractivity contribution in [2.45, 2.75) is 13.8 Å². The van der Waals surface area contributed by atoms with Crippen LogP contribution in [-0.2, 0) is 0 Å². The van der Waals surface area contributed by atoms with Crippen molar-refractivity contribution in [1.29, 1.82) is 0 Å². The molecule has 0 bridgehead atoms. The normalized spacial score (nSPS) is 9.88. The minimum absolute atomic E-state index is 0.712. The van der Waals surface area contributed by atoms with E-state index in [2.05, 4.69) is 17.6 Å². The van der Waals surface area contributed by atoms with Gasteiger partial charge in [0, 0.05) is 18.2 Å². The third kappa shape index (κ3) is 5.76. The Bertz CT molecular complexity index is 101. The first-order chi connectivity index (χ1) is 3.77. The molecule has 0 atom stereocenters. The Labute approximate surface area is 55.9 Å². The molecule has 0 aliphatic rings. The van der Waals surface area contributed by atoms with Gasteiger partial charge in [0.05, 0.1) is 0 Å². The van der Waals surface area contributed by atoms with Gasteiger partial charge in [0.1, 0.15) is 0 Å². The largest absolute Gasteiger partial charge is 0.268 e. The molecule has 0 saturated heterocycles. The molecule has 0 rings (SSSR count). The van der Waals surface area contributed by atoms with E-state index in [0.29, 0.717) is 5.75 Å². The Morgan fingerprint density at radius 1 is 1.62 bits per heavy atom. The summed E-state index contributed by atoms with van der Waals surface area (Å²) >= 11 is 3.94. The molecule has 0 aliphatic heterocycles. The van der Waals surface area contributed by atoms with E-state index in [1.165, 1.54) is 5.57 Å².